The molecule has 1 aliphatic rings. The summed E-state index contributed by atoms with van der Waals surface area (Å²) in [6.07, 6.45) is 2.15. The second-order valence-corrected chi connectivity index (χ2v) is 8.23. The Balaban J connectivity index is 1.72. The van der Waals surface area contributed by atoms with Crippen molar-refractivity contribution < 1.29 is 8.42 Å². The summed E-state index contributed by atoms with van der Waals surface area (Å²) in [5, 5.41) is 10.2. The van der Waals surface area contributed by atoms with Gasteiger partial charge in [-0.25, -0.2) is 13.4 Å². The molecule has 0 atom stereocenters. The molecule has 1 aromatic carbocycles. The van der Waals surface area contributed by atoms with E-state index in [-0.39, 0.29) is 11.4 Å². The molecule has 0 saturated carbocycles. The van der Waals surface area contributed by atoms with E-state index in [0.29, 0.717) is 29.2 Å². The van der Waals surface area contributed by atoms with E-state index in [1.807, 2.05) is 6.07 Å². The lowest BCUT2D eigenvalue weighted by Gasteiger charge is -2.26. The van der Waals surface area contributed by atoms with E-state index in [0.717, 1.165) is 16.6 Å². The molecule has 0 radical (unpaired) electrons. The Morgan fingerprint density at radius 2 is 2.04 bits per heavy atom. The topological polar surface area (TPSA) is 89.9 Å². The SMILES string of the molecule is N#Cc1ccc(S(=O)(=O)N2CCc3[nH]c4ncc(Cl)cc4c3C2)cc1. The number of nitriles is 1. The summed E-state index contributed by atoms with van der Waals surface area (Å²) in [5.74, 6) is 0. The molecule has 3 aromatic rings. The largest absolute Gasteiger partial charge is 0.343 e. The number of halogens is 1. The molecular formula is C17H13ClN4O2S. The summed E-state index contributed by atoms with van der Waals surface area (Å²) in [4.78, 5) is 7.69. The first-order valence-corrected chi connectivity index (χ1v) is 9.46. The maximum atomic E-state index is 12.9. The Kier molecular flexibility index (Phi) is 3.76. The zero-order valence-corrected chi connectivity index (χ0v) is 14.6. The first-order valence-electron chi connectivity index (χ1n) is 7.64. The number of rotatable bonds is 2. The quantitative estimate of drug-likeness (QED) is 0.748. The van der Waals surface area contributed by atoms with Crippen LogP contribution in [0.2, 0.25) is 5.02 Å². The summed E-state index contributed by atoms with van der Waals surface area (Å²) in [6.45, 7) is 0.648. The first-order chi connectivity index (χ1) is 12.0. The first kappa shape index (κ1) is 16.1. The lowest BCUT2D eigenvalue weighted by molar-refractivity contribution is 0.391. The van der Waals surface area contributed by atoms with Crippen molar-refractivity contribution in [2.75, 3.05) is 6.54 Å². The summed E-state index contributed by atoms with van der Waals surface area (Å²) in [7, 11) is -3.63. The summed E-state index contributed by atoms with van der Waals surface area (Å²) < 4.78 is 27.3. The van der Waals surface area contributed by atoms with E-state index in [4.69, 9.17) is 16.9 Å². The highest BCUT2D eigenvalue weighted by Crippen LogP contribution is 2.31. The van der Waals surface area contributed by atoms with Crippen molar-refractivity contribution in [1.29, 1.82) is 5.26 Å². The van der Waals surface area contributed by atoms with E-state index in [1.54, 1.807) is 12.3 Å². The number of sulfonamides is 1. The number of nitrogens with one attached hydrogen (secondary N) is 1. The van der Waals surface area contributed by atoms with Crippen LogP contribution in [0.15, 0.2) is 41.4 Å². The fraction of sp³-hybridized carbons (Fsp3) is 0.176. The van der Waals surface area contributed by atoms with Crippen LogP contribution in [0.4, 0.5) is 0 Å². The van der Waals surface area contributed by atoms with Gasteiger partial charge in [-0.2, -0.15) is 9.57 Å². The smallest absolute Gasteiger partial charge is 0.243 e. The van der Waals surface area contributed by atoms with Crippen molar-refractivity contribution in [2.45, 2.75) is 17.9 Å². The molecule has 6 nitrogen and oxygen atoms in total. The van der Waals surface area contributed by atoms with E-state index in [1.165, 1.54) is 28.6 Å². The van der Waals surface area contributed by atoms with Gasteiger partial charge in [0.05, 0.1) is 21.6 Å². The third-order valence-electron chi connectivity index (χ3n) is 4.38. The second kappa shape index (κ2) is 5.85. The van der Waals surface area contributed by atoms with Crippen LogP contribution in [-0.2, 0) is 23.0 Å². The van der Waals surface area contributed by atoms with Crippen LogP contribution in [0.3, 0.4) is 0 Å². The minimum absolute atomic E-state index is 0.186. The van der Waals surface area contributed by atoms with Gasteiger partial charge in [-0.05, 0) is 35.9 Å². The van der Waals surface area contributed by atoms with E-state index < -0.39 is 10.0 Å². The van der Waals surface area contributed by atoms with Crippen LogP contribution < -0.4 is 0 Å². The fourth-order valence-corrected chi connectivity index (χ4v) is 4.66. The van der Waals surface area contributed by atoms with Crippen molar-refractivity contribution in [2.24, 2.45) is 0 Å². The van der Waals surface area contributed by atoms with Crippen LogP contribution in [0, 0.1) is 11.3 Å². The predicted molar refractivity (Wildman–Crippen MR) is 93.6 cm³/mol. The molecule has 0 saturated heterocycles. The molecule has 2 aromatic heterocycles. The molecular weight excluding hydrogens is 360 g/mol. The number of hydrogen-bond acceptors (Lipinski definition) is 4. The molecule has 1 N–H and O–H groups in total. The number of pyridine rings is 1. The number of hydrogen-bond donors (Lipinski definition) is 1. The van der Waals surface area contributed by atoms with Crippen LogP contribution in [0.1, 0.15) is 16.8 Å². The molecule has 4 rings (SSSR count). The molecule has 0 spiro atoms. The highest BCUT2D eigenvalue weighted by molar-refractivity contribution is 7.89. The lowest BCUT2D eigenvalue weighted by Crippen LogP contribution is -2.35. The van der Waals surface area contributed by atoms with Crippen LogP contribution in [-0.4, -0.2) is 29.2 Å². The Labute approximate surface area is 149 Å². The Bertz CT molecular complexity index is 1110. The monoisotopic (exact) mass is 372 g/mol. The van der Waals surface area contributed by atoms with Gasteiger partial charge in [0.1, 0.15) is 5.65 Å². The normalized spacial score (nSPS) is 15.0. The Hall–Kier alpha value is -2.40. The minimum atomic E-state index is -3.63. The third kappa shape index (κ3) is 2.68. The van der Waals surface area contributed by atoms with Crippen molar-refractivity contribution in [1.82, 2.24) is 14.3 Å². The predicted octanol–water partition coefficient (Wildman–Crippen LogP) is 2.83. The molecule has 0 unspecified atom stereocenters. The maximum absolute atomic E-state index is 12.9. The number of fused-ring (bicyclic) bond motifs is 3. The van der Waals surface area contributed by atoms with E-state index >= 15 is 0 Å². The standard InChI is InChI=1S/C17H13ClN4O2S/c18-12-7-14-15-10-22(6-5-16(15)21-17(14)20-9-12)25(23,24)13-3-1-11(8-19)2-4-13/h1-4,7,9H,5-6,10H2,(H,20,21). The molecule has 1 aliphatic heterocycles. The molecule has 126 valence electrons. The second-order valence-electron chi connectivity index (χ2n) is 5.86. The molecule has 0 bridgehead atoms. The van der Waals surface area contributed by atoms with Crippen LogP contribution in [0.5, 0.6) is 0 Å². The number of nitrogens with zero attached hydrogens (tertiary/aromatic N) is 3. The molecule has 8 heteroatoms. The lowest BCUT2D eigenvalue weighted by atomic mass is 10.1. The van der Waals surface area contributed by atoms with Crippen LogP contribution >= 0.6 is 11.6 Å². The van der Waals surface area contributed by atoms with E-state index in [9.17, 15) is 8.42 Å². The van der Waals surface area contributed by atoms with Crippen LogP contribution in [0.25, 0.3) is 11.0 Å². The molecule has 25 heavy (non-hydrogen) atoms. The van der Waals surface area contributed by atoms with Crippen molar-refractivity contribution in [3.8, 4) is 6.07 Å². The van der Waals surface area contributed by atoms with Crippen molar-refractivity contribution >= 4 is 32.7 Å². The number of aromatic amines is 1. The average molecular weight is 373 g/mol. The fourth-order valence-electron chi connectivity index (χ4n) is 3.09. The highest BCUT2D eigenvalue weighted by Gasteiger charge is 2.30. The molecule has 3 heterocycles. The number of benzene rings is 1. The van der Waals surface area contributed by atoms with Gasteiger partial charge in [0, 0.05) is 36.8 Å². The van der Waals surface area contributed by atoms with Gasteiger partial charge in [-0.3, -0.25) is 0 Å². The van der Waals surface area contributed by atoms with Gasteiger partial charge in [0.15, 0.2) is 0 Å². The van der Waals surface area contributed by atoms with Gasteiger partial charge in [0.2, 0.25) is 10.0 Å². The zero-order chi connectivity index (χ0) is 17.6. The zero-order valence-electron chi connectivity index (χ0n) is 13.0. The van der Waals surface area contributed by atoms with Gasteiger partial charge < -0.3 is 4.98 Å². The average Bonchev–Trinajstić information content (AvgIpc) is 2.99. The van der Waals surface area contributed by atoms with Gasteiger partial charge in [-0.15, -0.1) is 0 Å². The molecule has 0 fully saturated rings. The Morgan fingerprint density at radius 3 is 2.76 bits per heavy atom. The third-order valence-corrected chi connectivity index (χ3v) is 6.45. The number of H-pyrrole nitrogens is 1. The van der Waals surface area contributed by atoms with Crippen molar-refractivity contribution in [3.05, 3.63) is 58.4 Å². The van der Waals surface area contributed by atoms with E-state index in [2.05, 4.69) is 9.97 Å². The summed E-state index contributed by atoms with van der Waals surface area (Å²) in [5.41, 5.74) is 3.05. The highest BCUT2D eigenvalue weighted by atomic mass is 35.5. The van der Waals surface area contributed by atoms with Gasteiger partial charge in [0.25, 0.3) is 0 Å². The minimum Gasteiger partial charge on any atom is -0.343 e. The number of aromatic nitrogens is 2. The summed E-state index contributed by atoms with van der Waals surface area (Å²) >= 11 is 6.03. The maximum Gasteiger partial charge on any atom is 0.243 e. The van der Waals surface area contributed by atoms with Gasteiger partial charge in [-0.1, -0.05) is 11.6 Å². The Morgan fingerprint density at radius 1 is 1.28 bits per heavy atom. The van der Waals surface area contributed by atoms with Crippen molar-refractivity contribution in [3.63, 3.8) is 0 Å². The summed E-state index contributed by atoms with van der Waals surface area (Å²) in [6, 6.07) is 9.75. The molecule has 0 amide bonds. The van der Waals surface area contributed by atoms with Gasteiger partial charge >= 0.3 is 0 Å². The molecule has 0 aliphatic carbocycles.